The average Bonchev–Trinajstić information content (AvgIpc) is 2.64. The Labute approximate surface area is 188 Å². The van der Waals surface area contributed by atoms with Crippen LogP contribution in [0, 0.1) is 0 Å². The third kappa shape index (κ3) is 11.1. The van der Waals surface area contributed by atoms with Crippen LogP contribution in [0.3, 0.4) is 0 Å². The molecule has 10 heteroatoms. The summed E-state index contributed by atoms with van der Waals surface area (Å²) in [6.07, 6.45) is 5.21. The van der Waals surface area contributed by atoms with Crippen LogP contribution >= 0.6 is 24.0 Å². The molecule has 1 heterocycles. The van der Waals surface area contributed by atoms with Crippen molar-refractivity contribution in [1.29, 1.82) is 0 Å². The van der Waals surface area contributed by atoms with Gasteiger partial charge in [-0.3, -0.25) is 4.99 Å². The number of guanidine groups is 1. The molecule has 0 unspecified atom stereocenters. The van der Waals surface area contributed by atoms with Gasteiger partial charge in [0.2, 0.25) is 10.0 Å². The number of nitrogens with zero attached hydrogens (tertiary/aromatic N) is 3. The van der Waals surface area contributed by atoms with E-state index in [-0.39, 0.29) is 24.0 Å². The van der Waals surface area contributed by atoms with Crippen LogP contribution in [-0.2, 0) is 19.5 Å². The van der Waals surface area contributed by atoms with E-state index in [4.69, 9.17) is 9.47 Å². The first-order chi connectivity index (χ1) is 12.9. The van der Waals surface area contributed by atoms with Gasteiger partial charge in [0.15, 0.2) is 5.96 Å². The molecule has 0 aromatic carbocycles. The number of aliphatic imine (C=N–C) groups is 1. The monoisotopic (exact) mass is 534 g/mol. The van der Waals surface area contributed by atoms with Gasteiger partial charge in [0.05, 0.1) is 12.4 Å². The largest absolute Gasteiger partial charge is 0.385 e. The Morgan fingerprint density at radius 2 is 1.89 bits per heavy atom. The highest BCUT2D eigenvalue weighted by atomic mass is 127. The fourth-order valence-electron chi connectivity index (χ4n) is 3.10. The highest BCUT2D eigenvalue weighted by Gasteiger charge is 2.22. The van der Waals surface area contributed by atoms with Crippen molar-refractivity contribution in [3.8, 4) is 0 Å². The molecule has 1 aliphatic heterocycles. The average molecular weight is 535 g/mol. The number of methoxy groups -OCH3 is 1. The normalized spacial score (nSPS) is 16.3. The summed E-state index contributed by atoms with van der Waals surface area (Å²) < 4.78 is 35.7. The van der Waals surface area contributed by atoms with E-state index in [1.807, 2.05) is 6.92 Å². The third-order valence-corrected chi connectivity index (χ3v) is 5.95. The fourth-order valence-corrected chi connectivity index (χ4v) is 4.03. The zero-order chi connectivity index (χ0) is 20.1. The van der Waals surface area contributed by atoms with Gasteiger partial charge in [-0.15, -0.1) is 24.0 Å². The summed E-state index contributed by atoms with van der Waals surface area (Å²) in [6, 6.07) is 0. The molecule has 8 nitrogen and oxygen atoms in total. The molecule has 168 valence electrons. The van der Waals surface area contributed by atoms with E-state index in [0.29, 0.717) is 25.7 Å². The van der Waals surface area contributed by atoms with Crippen molar-refractivity contribution in [2.24, 2.45) is 4.99 Å². The first kappa shape index (κ1) is 27.8. The predicted molar refractivity (Wildman–Crippen MR) is 125 cm³/mol. The van der Waals surface area contributed by atoms with Crippen LogP contribution < -0.4 is 5.32 Å². The van der Waals surface area contributed by atoms with E-state index in [2.05, 4.69) is 22.1 Å². The lowest BCUT2D eigenvalue weighted by Crippen LogP contribution is -2.47. The number of rotatable bonds is 12. The number of piperidine rings is 1. The second-order valence-corrected chi connectivity index (χ2v) is 8.73. The highest BCUT2D eigenvalue weighted by molar-refractivity contribution is 14.0. The molecule has 0 bridgehead atoms. The van der Waals surface area contributed by atoms with E-state index in [0.717, 1.165) is 64.5 Å². The van der Waals surface area contributed by atoms with Gasteiger partial charge in [-0.05, 0) is 32.6 Å². The standard InChI is InChI=1S/C18H38N4O4S.HI/c1-5-19-18(20-11-7-12-22(6-2)27(4,23)24)21-13-9-17(10-14-21)26-16-8-15-25-3;/h17H,5-16H2,1-4H3,(H,19,20);1H. The van der Waals surface area contributed by atoms with Gasteiger partial charge >= 0.3 is 0 Å². The minimum absolute atomic E-state index is 0. The minimum Gasteiger partial charge on any atom is -0.385 e. The van der Waals surface area contributed by atoms with Crippen LogP contribution in [0.5, 0.6) is 0 Å². The smallest absolute Gasteiger partial charge is 0.211 e. The van der Waals surface area contributed by atoms with Crippen LogP contribution in [-0.4, -0.2) is 95.5 Å². The molecule has 1 saturated heterocycles. The number of hydrogen-bond donors (Lipinski definition) is 1. The van der Waals surface area contributed by atoms with E-state index < -0.39 is 10.0 Å². The van der Waals surface area contributed by atoms with Crippen LogP contribution in [0.2, 0.25) is 0 Å². The molecule has 1 aliphatic rings. The molecule has 0 aromatic heterocycles. The van der Waals surface area contributed by atoms with Crippen LogP contribution in [0.15, 0.2) is 4.99 Å². The molecule has 28 heavy (non-hydrogen) atoms. The second-order valence-electron chi connectivity index (χ2n) is 6.75. The topological polar surface area (TPSA) is 83.5 Å². The number of ether oxygens (including phenoxy) is 2. The number of sulfonamides is 1. The van der Waals surface area contributed by atoms with E-state index in [1.165, 1.54) is 10.6 Å². The first-order valence-electron chi connectivity index (χ1n) is 10.0. The lowest BCUT2D eigenvalue weighted by Gasteiger charge is -2.34. The highest BCUT2D eigenvalue weighted by Crippen LogP contribution is 2.14. The lowest BCUT2D eigenvalue weighted by atomic mass is 10.1. The summed E-state index contributed by atoms with van der Waals surface area (Å²) in [7, 11) is -1.42. The summed E-state index contributed by atoms with van der Waals surface area (Å²) in [5.74, 6) is 0.915. The maximum Gasteiger partial charge on any atom is 0.211 e. The van der Waals surface area contributed by atoms with E-state index in [1.54, 1.807) is 7.11 Å². The Kier molecular flexibility index (Phi) is 15.5. The molecule has 0 saturated carbocycles. The van der Waals surface area contributed by atoms with Crippen molar-refractivity contribution >= 4 is 40.0 Å². The molecule has 1 rings (SSSR count). The van der Waals surface area contributed by atoms with Crippen molar-refractivity contribution < 1.29 is 17.9 Å². The van der Waals surface area contributed by atoms with E-state index in [9.17, 15) is 8.42 Å². The van der Waals surface area contributed by atoms with Crippen molar-refractivity contribution in [3.05, 3.63) is 0 Å². The minimum atomic E-state index is -3.13. The summed E-state index contributed by atoms with van der Waals surface area (Å²) in [5.41, 5.74) is 0. The summed E-state index contributed by atoms with van der Waals surface area (Å²) >= 11 is 0. The number of likely N-dealkylation sites (tertiary alicyclic amines) is 1. The number of halogens is 1. The molecule has 0 aliphatic carbocycles. The third-order valence-electron chi connectivity index (χ3n) is 4.57. The van der Waals surface area contributed by atoms with Gasteiger partial charge in [-0.25, -0.2) is 12.7 Å². The van der Waals surface area contributed by atoms with Crippen LogP contribution in [0.1, 0.15) is 39.5 Å². The molecule has 1 N–H and O–H groups in total. The number of nitrogens with one attached hydrogen (secondary N) is 1. The Morgan fingerprint density at radius 1 is 1.21 bits per heavy atom. The second kappa shape index (κ2) is 15.6. The summed E-state index contributed by atoms with van der Waals surface area (Å²) in [4.78, 5) is 6.96. The Morgan fingerprint density at radius 3 is 2.43 bits per heavy atom. The van der Waals surface area contributed by atoms with Crippen molar-refractivity contribution in [1.82, 2.24) is 14.5 Å². The van der Waals surface area contributed by atoms with Gasteiger partial charge in [-0.2, -0.15) is 0 Å². The molecule has 0 atom stereocenters. The Balaban J connectivity index is 0.00000729. The van der Waals surface area contributed by atoms with Crippen molar-refractivity contribution in [3.63, 3.8) is 0 Å². The Hall–Kier alpha value is -0.170. The van der Waals surface area contributed by atoms with Gasteiger partial charge in [0, 0.05) is 59.6 Å². The molecular formula is C18H39IN4O4S. The molecule has 0 aromatic rings. The van der Waals surface area contributed by atoms with E-state index >= 15 is 0 Å². The predicted octanol–water partition coefficient (Wildman–Crippen LogP) is 1.76. The zero-order valence-electron chi connectivity index (χ0n) is 17.9. The quantitative estimate of drug-likeness (QED) is 0.178. The van der Waals surface area contributed by atoms with Crippen LogP contribution in [0.4, 0.5) is 0 Å². The molecule has 0 spiro atoms. The SMILES string of the molecule is CCNC(=NCCCN(CC)S(C)(=O)=O)N1CCC(OCCCOC)CC1.I. The molecule has 0 radical (unpaired) electrons. The molecular weight excluding hydrogens is 495 g/mol. The molecule has 1 fully saturated rings. The maximum absolute atomic E-state index is 11.6. The summed E-state index contributed by atoms with van der Waals surface area (Å²) in [5, 5.41) is 3.35. The fraction of sp³-hybridized carbons (Fsp3) is 0.944. The van der Waals surface area contributed by atoms with Gasteiger partial charge in [0.1, 0.15) is 0 Å². The van der Waals surface area contributed by atoms with Crippen LogP contribution in [0.25, 0.3) is 0 Å². The first-order valence-corrected chi connectivity index (χ1v) is 11.9. The lowest BCUT2D eigenvalue weighted by molar-refractivity contribution is 0.00990. The maximum atomic E-state index is 11.6. The van der Waals surface area contributed by atoms with Crippen molar-refractivity contribution in [2.75, 3.05) is 65.8 Å². The number of hydrogen-bond acceptors (Lipinski definition) is 5. The van der Waals surface area contributed by atoms with Gasteiger partial charge in [0.25, 0.3) is 0 Å². The molecule has 0 amide bonds. The van der Waals surface area contributed by atoms with Crippen molar-refractivity contribution in [2.45, 2.75) is 45.6 Å². The van der Waals surface area contributed by atoms with Gasteiger partial charge in [-0.1, -0.05) is 6.92 Å². The van der Waals surface area contributed by atoms with Gasteiger partial charge < -0.3 is 19.7 Å². The summed E-state index contributed by atoms with van der Waals surface area (Å²) in [6.45, 7) is 9.69. The Bertz CT molecular complexity index is 526. The zero-order valence-corrected chi connectivity index (χ0v) is 21.0.